The van der Waals surface area contributed by atoms with Crippen molar-refractivity contribution in [3.63, 3.8) is 0 Å². The standard InChI is InChI=1S/C15H14ClN3OS/c1-9-8-11(16)4-7-13(9)19-15(21)18-12-5-2-10(3-6-12)14(17)20/h2-8H,1H3,(H2,17,20)(H2,18,19,21). The number of primary amides is 1. The lowest BCUT2D eigenvalue weighted by atomic mass is 10.2. The molecular formula is C15H14ClN3OS. The first-order valence-electron chi connectivity index (χ1n) is 6.20. The Morgan fingerprint density at radius 3 is 2.38 bits per heavy atom. The van der Waals surface area contributed by atoms with Gasteiger partial charge in [-0.3, -0.25) is 4.79 Å². The summed E-state index contributed by atoms with van der Waals surface area (Å²) >= 11 is 11.2. The van der Waals surface area contributed by atoms with Gasteiger partial charge in [-0.2, -0.15) is 0 Å². The fourth-order valence-corrected chi connectivity index (χ4v) is 2.22. The molecule has 0 aromatic heterocycles. The molecule has 4 nitrogen and oxygen atoms in total. The molecule has 4 N–H and O–H groups in total. The van der Waals surface area contributed by atoms with Crippen LogP contribution in [0, 0.1) is 6.92 Å². The van der Waals surface area contributed by atoms with Crippen LogP contribution < -0.4 is 16.4 Å². The molecule has 0 aliphatic rings. The van der Waals surface area contributed by atoms with Crippen LogP contribution in [0.1, 0.15) is 15.9 Å². The number of amides is 1. The van der Waals surface area contributed by atoms with E-state index in [0.29, 0.717) is 15.7 Å². The van der Waals surface area contributed by atoms with Gasteiger partial charge in [-0.15, -0.1) is 0 Å². The van der Waals surface area contributed by atoms with Crippen molar-refractivity contribution in [2.45, 2.75) is 6.92 Å². The zero-order valence-corrected chi connectivity index (χ0v) is 12.9. The van der Waals surface area contributed by atoms with Crippen LogP contribution >= 0.6 is 23.8 Å². The number of carbonyl (C=O) groups excluding carboxylic acids is 1. The van der Waals surface area contributed by atoms with Crippen molar-refractivity contribution in [1.82, 2.24) is 0 Å². The number of nitrogens with two attached hydrogens (primary N) is 1. The van der Waals surface area contributed by atoms with Crippen LogP contribution in [0.5, 0.6) is 0 Å². The number of thiocarbonyl (C=S) groups is 1. The first-order valence-corrected chi connectivity index (χ1v) is 6.98. The first kappa shape index (κ1) is 15.3. The Morgan fingerprint density at radius 2 is 1.81 bits per heavy atom. The molecule has 2 rings (SSSR count). The van der Waals surface area contributed by atoms with E-state index in [4.69, 9.17) is 29.6 Å². The molecule has 0 saturated carbocycles. The average molecular weight is 320 g/mol. The fraction of sp³-hybridized carbons (Fsp3) is 0.0667. The number of hydrogen-bond donors (Lipinski definition) is 3. The highest BCUT2D eigenvalue weighted by atomic mass is 35.5. The summed E-state index contributed by atoms with van der Waals surface area (Å²) in [5, 5.41) is 7.26. The molecule has 21 heavy (non-hydrogen) atoms. The van der Waals surface area contributed by atoms with Crippen molar-refractivity contribution in [3.05, 3.63) is 58.6 Å². The van der Waals surface area contributed by atoms with E-state index in [1.165, 1.54) is 0 Å². The molecule has 0 bridgehead atoms. The van der Waals surface area contributed by atoms with Crippen LogP contribution in [-0.4, -0.2) is 11.0 Å². The molecule has 0 radical (unpaired) electrons. The lowest BCUT2D eigenvalue weighted by molar-refractivity contribution is 0.100. The number of carbonyl (C=O) groups is 1. The second-order valence-electron chi connectivity index (χ2n) is 4.48. The Bertz CT molecular complexity index is 686. The highest BCUT2D eigenvalue weighted by Gasteiger charge is 2.04. The molecule has 0 fully saturated rings. The summed E-state index contributed by atoms with van der Waals surface area (Å²) in [5.41, 5.74) is 8.28. The molecule has 1 amide bonds. The van der Waals surface area contributed by atoms with Crippen LogP contribution in [0.25, 0.3) is 0 Å². The van der Waals surface area contributed by atoms with Gasteiger partial charge in [0.2, 0.25) is 5.91 Å². The van der Waals surface area contributed by atoms with Crippen LogP contribution in [0.2, 0.25) is 5.02 Å². The largest absolute Gasteiger partial charge is 0.366 e. The number of nitrogens with one attached hydrogen (secondary N) is 2. The van der Waals surface area contributed by atoms with E-state index < -0.39 is 5.91 Å². The van der Waals surface area contributed by atoms with E-state index >= 15 is 0 Å². The lowest BCUT2D eigenvalue weighted by Gasteiger charge is -2.13. The summed E-state index contributed by atoms with van der Waals surface area (Å²) in [6, 6.07) is 12.3. The highest BCUT2D eigenvalue weighted by Crippen LogP contribution is 2.20. The second kappa shape index (κ2) is 6.56. The van der Waals surface area contributed by atoms with Crippen molar-refractivity contribution in [2.24, 2.45) is 5.73 Å². The maximum atomic E-state index is 11.0. The minimum Gasteiger partial charge on any atom is -0.366 e. The molecular weight excluding hydrogens is 306 g/mol. The van der Waals surface area contributed by atoms with Gasteiger partial charge < -0.3 is 16.4 Å². The molecule has 0 aliphatic heterocycles. The predicted octanol–water partition coefficient (Wildman–Crippen LogP) is 3.56. The van der Waals surface area contributed by atoms with Gasteiger partial charge in [-0.05, 0) is 67.2 Å². The maximum Gasteiger partial charge on any atom is 0.248 e. The Kier molecular flexibility index (Phi) is 4.77. The molecule has 6 heteroatoms. The Balaban J connectivity index is 2.02. The molecule has 2 aromatic carbocycles. The number of halogens is 1. The van der Waals surface area contributed by atoms with E-state index in [1.807, 2.05) is 19.1 Å². The SMILES string of the molecule is Cc1cc(Cl)ccc1NC(=S)Nc1ccc(C(N)=O)cc1. The molecule has 0 heterocycles. The minimum atomic E-state index is -0.459. The summed E-state index contributed by atoms with van der Waals surface area (Å²) < 4.78 is 0. The Labute approximate surface area is 133 Å². The summed E-state index contributed by atoms with van der Waals surface area (Å²) in [4.78, 5) is 11.0. The van der Waals surface area contributed by atoms with E-state index in [1.54, 1.807) is 30.3 Å². The molecule has 108 valence electrons. The van der Waals surface area contributed by atoms with Crippen molar-refractivity contribution in [1.29, 1.82) is 0 Å². The second-order valence-corrected chi connectivity index (χ2v) is 5.32. The van der Waals surface area contributed by atoms with Gasteiger partial charge in [0.1, 0.15) is 0 Å². The van der Waals surface area contributed by atoms with Gasteiger partial charge in [-0.25, -0.2) is 0 Å². The Hall–Kier alpha value is -2.11. The van der Waals surface area contributed by atoms with Gasteiger partial charge in [0.05, 0.1) is 0 Å². The maximum absolute atomic E-state index is 11.0. The van der Waals surface area contributed by atoms with Crippen molar-refractivity contribution in [2.75, 3.05) is 10.6 Å². The number of anilines is 2. The topological polar surface area (TPSA) is 67.2 Å². The third kappa shape index (κ3) is 4.18. The van der Waals surface area contributed by atoms with E-state index in [-0.39, 0.29) is 0 Å². The summed E-state index contributed by atoms with van der Waals surface area (Å²) in [7, 11) is 0. The zero-order valence-electron chi connectivity index (χ0n) is 11.3. The lowest BCUT2D eigenvalue weighted by Crippen LogP contribution is -2.19. The minimum absolute atomic E-state index is 0.451. The van der Waals surface area contributed by atoms with Crippen LogP contribution in [0.3, 0.4) is 0 Å². The monoisotopic (exact) mass is 319 g/mol. The summed E-state index contributed by atoms with van der Waals surface area (Å²) in [6.07, 6.45) is 0. The molecule has 0 atom stereocenters. The average Bonchev–Trinajstić information content (AvgIpc) is 2.42. The van der Waals surface area contributed by atoms with E-state index in [2.05, 4.69) is 10.6 Å². The quantitative estimate of drug-likeness (QED) is 0.757. The van der Waals surface area contributed by atoms with E-state index in [0.717, 1.165) is 16.9 Å². The first-order chi connectivity index (χ1) is 9.95. The number of benzene rings is 2. The normalized spacial score (nSPS) is 10.0. The van der Waals surface area contributed by atoms with Gasteiger partial charge in [0, 0.05) is 22.0 Å². The number of aryl methyl sites for hydroxylation is 1. The number of hydrogen-bond acceptors (Lipinski definition) is 2. The molecule has 0 unspecified atom stereocenters. The third-order valence-corrected chi connectivity index (χ3v) is 3.30. The Morgan fingerprint density at radius 1 is 1.14 bits per heavy atom. The number of rotatable bonds is 3. The van der Waals surface area contributed by atoms with Gasteiger partial charge >= 0.3 is 0 Å². The smallest absolute Gasteiger partial charge is 0.248 e. The highest BCUT2D eigenvalue weighted by molar-refractivity contribution is 7.80. The summed E-state index contributed by atoms with van der Waals surface area (Å²) in [5.74, 6) is -0.459. The molecule has 0 saturated heterocycles. The van der Waals surface area contributed by atoms with Crippen LogP contribution in [0.4, 0.5) is 11.4 Å². The van der Waals surface area contributed by atoms with Crippen molar-refractivity contribution < 1.29 is 4.79 Å². The molecule has 2 aromatic rings. The zero-order chi connectivity index (χ0) is 15.4. The summed E-state index contributed by atoms with van der Waals surface area (Å²) in [6.45, 7) is 1.94. The predicted molar refractivity (Wildman–Crippen MR) is 91.0 cm³/mol. The van der Waals surface area contributed by atoms with E-state index in [9.17, 15) is 4.79 Å². The van der Waals surface area contributed by atoms with Gasteiger partial charge in [0.15, 0.2) is 5.11 Å². The van der Waals surface area contributed by atoms with Crippen LogP contribution in [0.15, 0.2) is 42.5 Å². The third-order valence-electron chi connectivity index (χ3n) is 2.86. The van der Waals surface area contributed by atoms with Crippen molar-refractivity contribution in [3.8, 4) is 0 Å². The molecule has 0 aliphatic carbocycles. The van der Waals surface area contributed by atoms with Gasteiger partial charge in [0.25, 0.3) is 0 Å². The van der Waals surface area contributed by atoms with Gasteiger partial charge in [-0.1, -0.05) is 11.6 Å². The van der Waals surface area contributed by atoms with Crippen molar-refractivity contribution >= 4 is 46.2 Å². The molecule has 0 spiro atoms. The van der Waals surface area contributed by atoms with Crippen LogP contribution in [-0.2, 0) is 0 Å². The fourth-order valence-electron chi connectivity index (χ4n) is 1.77.